The molecular formula is C11H17ClN2O4S. The first-order valence-electron chi connectivity index (χ1n) is 5.95. The molecule has 0 radical (unpaired) electrons. The maximum absolute atomic E-state index is 11.3. The summed E-state index contributed by atoms with van der Waals surface area (Å²) >= 11 is 0. The van der Waals surface area contributed by atoms with Gasteiger partial charge in [-0.15, -0.1) is 0 Å². The van der Waals surface area contributed by atoms with E-state index in [1.165, 1.54) is 6.20 Å². The largest absolute Gasteiger partial charge is 0.481 e. The zero-order valence-electron chi connectivity index (χ0n) is 10.8. The zero-order chi connectivity index (χ0) is 14.6. The van der Waals surface area contributed by atoms with Crippen LogP contribution in [0.5, 0.6) is 0 Å². The molecule has 0 atom stereocenters. The Morgan fingerprint density at radius 3 is 2.58 bits per heavy atom. The molecule has 19 heavy (non-hydrogen) atoms. The van der Waals surface area contributed by atoms with Gasteiger partial charge in [-0.1, -0.05) is 13.8 Å². The van der Waals surface area contributed by atoms with Gasteiger partial charge < -0.3 is 9.67 Å². The molecule has 1 rings (SSSR count). The van der Waals surface area contributed by atoms with E-state index in [0.29, 0.717) is 25.2 Å². The van der Waals surface area contributed by atoms with Gasteiger partial charge in [-0.25, -0.2) is 13.4 Å². The number of nitrogens with zero attached hydrogens (tertiary/aromatic N) is 2. The van der Waals surface area contributed by atoms with Gasteiger partial charge in [0.1, 0.15) is 5.82 Å². The lowest BCUT2D eigenvalue weighted by Gasteiger charge is -2.09. The summed E-state index contributed by atoms with van der Waals surface area (Å²) in [6.07, 6.45) is 2.68. The van der Waals surface area contributed by atoms with Crippen molar-refractivity contribution in [1.29, 1.82) is 0 Å². The van der Waals surface area contributed by atoms with E-state index in [0.717, 1.165) is 0 Å². The molecule has 1 heterocycles. The van der Waals surface area contributed by atoms with Crippen molar-refractivity contribution in [2.24, 2.45) is 0 Å². The third-order valence-corrected chi connectivity index (χ3v) is 3.76. The molecule has 0 aliphatic heterocycles. The zero-order valence-corrected chi connectivity index (χ0v) is 12.4. The highest BCUT2D eigenvalue weighted by Gasteiger charge is 2.19. The second kappa shape index (κ2) is 6.38. The molecule has 1 aromatic rings. The lowest BCUT2D eigenvalue weighted by Crippen LogP contribution is -2.05. The van der Waals surface area contributed by atoms with Crippen molar-refractivity contribution in [3.05, 3.63) is 12.0 Å². The maximum atomic E-state index is 11.3. The molecule has 0 spiro atoms. The van der Waals surface area contributed by atoms with Gasteiger partial charge in [-0.05, 0) is 12.8 Å². The SMILES string of the molecule is CC(C)c1nc(S(=O)(=O)Cl)cn1CCCCC(=O)O. The average Bonchev–Trinajstić information content (AvgIpc) is 2.67. The summed E-state index contributed by atoms with van der Waals surface area (Å²) in [6, 6.07) is 0. The van der Waals surface area contributed by atoms with E-state index >= 15 is 0 Å². The summed E-state index contributed by atoms with van der Waals surface area (Å²) in [6.45, 7) is 4.33. The summed E-state index contributed by atoms with van der Waals surface area (Å²) in [5.74, 6) is -0.139. The first-order chi connectivity index (χ1) is 8.71. The van der Waals surface area contributed by atoms with Crippen LogP contribution in [-0.4, -0.2) is 29.0 Å². The molecule has 0 bridgehead atoms. The fraction of sp³-hybridized carbons (Fsp3) is 0.636. The minimum absolute atomic E-state index is 0.0617. The van der Waals surface area contributed by atoms with Gasteiger partial charge in [-0.3, -0.25) is 4.79 Å². The van der Waals surface area contributed by atoms with Crippen LogP contribution in [0, 0.1) is 0 Å². The number of carbonyl (C=O) groups is 1. The van der Waals surface area contributed by atoms with Crippen LogP contribution in [0.4, 0.5) is 0 Å². The third-order valence-electron chi connectivity index (χ3n) is 2.59. The van der Waals surface area contributed by atoms with Crippen LogP contribution in [0.3, 0.4) is 0 Å². The number of rotatable bonds is 7. The number of carboxylic acid groups (broad SMARTS) is 1. The molecule has 1 aromatic heterocycles. The van der Waals surface area contributed by atoms with Gasteiger partial charge in [-0.2, -0.15) is 0 Å². The number of halogens is 1. The smallest absolute Gasteiger partial charge is 0.303 e. The lowest BCUT2D eigenvalue weighted by atomic mass is 10.2. The van der Waals surface area contributed by atoms with Crippen LogP contribution < -0.4 is 0 Å². The van der Waals surface area contributed by atoms with Crippen molar-refractivity contribution >= 4 is 25.7 Å². The number of unbranched alkanes of at least 4 members (excludes halogenated alkanes) is 1. The van der Waals surface area contributed by atoms with Gasteiger partial charge in [0, 0.05) is 35.8 Å². The molecule has 0 aliphatic carbocycles. The summed E-state index contributed by atoms with van der Waals surface area (Å²) in [4.78, 5) is 14.4. The number of aromatic nitrogens is 2. The predicted octanol–water partition coefficient (Wildman–Crippen LogP) is 2.19. The molecule has 6 nitrogen and oxygen atoms in total. The van der Waals surface area contributed by atoms with E-state index < -0.39 is 15.0 Å². The molecule has 0 fully saturated rings. The van der Waals surface area contributed by atoms with Gasteiger partial charge >= 0.3 is 5.97 Å². The van der Waals surface area contributed by atoms with E-state index in [1.807, 2.05) is 13.8 Å². The highest BCUT2D eigenvalue weighted by molar-refractivity contribution is 8.13. The molecular weight excluding hydrogens is 292 g/mol. The monoisotopic (exact) mass is 308 g/mol. The van der Waals surface area contributed by atoms with Crippen molar-refractivity contribution < 1.29 is 18.3 Å². The number of hydrogen-bond donors (Lipinski definition) is 1. The lowest BCUT2D eigenvalue weighted by molar-refractivity contribution is -0.137. The van der Waals surface area contributed by atoms with E-state index in [1.54, 1.807) is 4.57 Å². The van der Waals surface area contributed by atoms with Gasteiger partial charge in [0.2, 0.25) is 0 Å². The number of hydrogen-bond acceptors (Lipinski definition) is 4. The van der Waals surface area contributed by atoms with E-state index in [4.69, 9.17) is 15.8 Å². The summed E-state index contributed by atoms with van der Waals surface area (Å²) in [5, 5.41) is 8.39. The van der Waals surface area contributed by atoms with Crippen molar-refractivity contribution in [3.63, 3.8) is 0 Å². The van der Waals surface area contributed by atoms with Crippen LogP contribution in [0.2, 0.25) is 0 Å². The number of imidazole rings is 1. The Bertz CT molecular complexity index is 551. The Labute approximate surface area is 116 Å². The Morgan fingerprint density at radius 1 is 1.47 bits per heavy atom. The highest BCUT2D eigenvalue weighted by Crippen LogP contribution is 2.20. The molecule has 0 unspecified atom stereocenters. The number of carboxylic acids is 1. The number of aryl methyl sites for hydroxylation is 1. The summed E-state index contributed by atoms with van der Waals surface area (Å²) in [5.41, 5.74) is 0. The fourth-order valence-electron chi connectivity index (χ4n) is 1.72. The Kier molecular flexibility index (Phi) is 5.37. The Morgan fingerprint density at radius 2 is 2.11 bits per heavy atom. The second-order valence-electron chi connectivity index (χ2n) is 4.57. The first-order valence-corrected chi connectivity index (χ1v) is 8.26. The van der Waals surface area contributed by atoms with Crippen LogP contribution in [0.1, 0.15) is 44.9 Å². The average molecular weight is 309 g/mol. The van der Waals surface area contributed by atoms with Crippen LogP contribution in [-0.2, 0) is 20.4 Å². The molecule has 108 valence electrons. The minimum Gasteiger partial charge on any atom is -0.481 e. The van der Waals surface area contributed by atoms with E-state index in [2.05, 4.69) is 4.98 Å². The van der Waals surface area contributed by atoms with Crippen LogP contribution >= 0.6 is 10.7 Å². The Hall–Kier alpha value is -1.08. The summed E-state index contributed by atoms with van der Waals surface area (Å²) < 4.78 is 24.2. The number of aliphatic carboxylic acids is 1. The van der Waals surface area contributed by atoms with Crippen LogP contribution in [0.15, 0.2) is 11.2 Å². The standard InChI is InChI=1S/C11H17ClN2O4S/c1-8(2)11-13-9(19(12,17)18)7-14(11)6-4-3-5-10(15)16/h7-8H,3-6H2,1-2H3,(H,15,16). The normalized spacial score (nSPS) is 12.0. The second-order valence-corrected chi connectivity index (χ2v) is 7.09. The molecule has 0 aromatic carbocycles. The topological polar surface area (TPSA) is 89.3 Å². The van der Waals surface area contributed by atoms with Crippen molar-refractivity contribution in [3.8, 4) is 0 Å². The van der Waals surface area contributed by atoms with Gasteiger partial charge in [0.25, 0.3) is 9.05 Å². The molecule has 0 amide bonds. The highest BCUT2D eigenvalue weighted by atomic mass is 35.7. The first kappa shape index (κ1) is 16.0. The molecule has 0 aliphatic rings. The van der Waals surface area contributed by atoms with E-state index in [9.17, 15) is 13.2 Å². The molecule has 0 saturated heterocycles. The van der Waals surface area contributed by atoms with Crippen molar-refractivity contribution in [1.82, 2.24) is 9.55 Å². The van der Waals surface area contributed by atoms with Crippen LogP contribution in [0.25, 0.3) is 0 Å². The maximum Gasteiger partial charge on any atom is 0.303 e. The molecule has 0 saturated carbocycles. The van der Waals surface area contributed by atoms with E-state index in [-0.39, 0.29) is 17.4 Å². The Balaban J connectivity index is 2.81. The van der Waals surface area contributed by atoms with Crippen molar-refractivity contribution in [2.45, 2.75) is 50.6 Å². The van der Waals surface area contributed by atoms with Gasteiger partial charge in [0.05, 0.1) is 0 Å². The molecule has 1 N–H and O–H groups in total. The quantitative estimate of drug-likeness (QED) is 0.616. The summed E-state index contributed by atoms with van der Waals surface area (Å²) in [7, 11) is 1.43. The van der Waals surface area contributed by atoms with Gasteiger partial charge in [0.15, 0.2) is 5.03 Å². The van der Waals surface area contributed by atoms with Crippen molar-refractivity contribution in [2.75, 3.05) is 0 Å². The third kappa shape index (κ3) is 4.83. The predicted molar refractivity (Wildman–Crippen MR) is 70.8 cm³/mol. The minimum atomic E-state index is -3.84. The fourth-order valence-corrected chi connectivity index (χ4v) is 2.40. The molecule has 8 heteroatoms.